The SMILES string of the molecule is COC(=O)c1ccc(NC(=O)[C@H]2CCCN2S(=O)(=O)c2ccc(C)cc2)cc1. The smallest absolute Gasteiger partial charge is 0.337 e. The summed E-state index contributed by atoms with van der Waals surface area (Å²) >= 11 is 0. The number of carbonyl (C=O) groups is 2. The lowest BCUT2D eigenvalue weighted by Gasteiger charge is -2.23. The van der Waals surface area contributed by atoms with E-state index in [0.717, 1.165) is 5.56 Å². The molecule has 148 valence electrons. The fourth-order valence-electron chi connectivity index (χ4n) is 3.17. The zero-order chi connectivity index (χ0) is 20.3. The zero-order valence-electron chi connectivity index (χ0n) is 15.7. The van der Waals surface area contributed by atoms with Gasteiger partial charge < -0.3 is 10.1 Å². The van der Waals surface area contributed by atoms with E-state index in [9.17, 15) is 18.0 Å². The minimum atomic E-state index is -3.75. The number of hydrogen-bond donors (Lipinski definition) is 1. The third-order valence-corrected chi connectivity index (χ3v) is 6.63. The Morgan fingerprint density at radius 1 is 1.07 bits per heavy atom. The molecule has 0 saturated carbocycles. The quantitative estimate of drug-likeness (QED) is 0.776. The Labute approximate surface area is 164 Å². The van der Waals surface area contributed by atoms with Crippen LogP contribution in [0.5, 0.6) is 0 Å². The highest BCUT2D eigenvalue weighted by Crippen LogP contribution is 2.27. The molecule has 0 bridgehead atoms. The van der Waals surface area contributed by atoms with Crippen molar-refractivity contribution < 1.29 is 22.7 Å². The van der Waals surface area contributed by atoms with Gasteiger partial charge in [0.1, 0.15) is 6.04 Å². The van der Waals surface area contributed by atoms with Crippen LogP contribution in [0.2, 0.25) is 0 Å². The van der Waals surface area contributed by atoms with E-state index in [1.807, 2.05) is 6.92 Å². The number of ether oxygens (including phenoxy) is 1. The number of anilines is 1. The molecule has 1 aliphatic rings. The number of nitrogens with zero attached hydrogens (tertiary/aromatic N) is 1. The fraction of sp³-hybridized carbons (Fsp3) is 0.300. The van der Waals surface area contributed by atoms with Crippen LogP contribution in [0.25, 0.3) is 0 Å². The molecule has 2 aromatic carbocycles. The van der Waals surface area contributed by atoms with E-state index in [0.29, 0.717) is 30.6 Å². The maximum atomic E-state index is 13.0. The van der Waals surface area contributed by atoms with Gasteiger partial charge in [0.15, 0.2) is 0 Å². The van der Waals surface area contributed by atoms with Gasteiger partial charge in [0, 0.05) is 12.2 Å². The van der Waals surface area contributed by atoms with Crippen molar-refractivity contribution in [2.45, 2.75) is 30.7 Å². The monoisotopic (exact) mass is 402 g/mol. The van der Waals surface area contributed by atoms with E-state index in [2.05, 4.69) is 10.1 Å². The third kappa shape index (κ3) is 4.07. The molecule has 1 atom stereocenters. The molecule has 1 heterocycles. The van der Waals surface area contributed by atoms with Gasteiger partial charge in [0.2, 0.25) is 15.9 Å². The second-order valence-electron chi connectivity index (χ2n) is 6.65. The first-order chi connectivity index (χ1) is 13.3. The maximum Gasteiger partial charge on any atom is 0.337 e. The molecule has 1 fully saturated rings. The fourth-order valence-corrected chi connectivity index (χ4v) is 4.82. The Balaban J connectivity index is 1.76. The Morgan fingerprint density at radius 3 is 2.32 bits per heavy atom. The molecule has 8 heteroatoms. The standard InChI is InChI=1S/C20H22N2O5S/c1-14-5-11-17(12-6-14)28(25,26)22-13-3-4-18(22)19(23)21-16-9-7-15(8-10-16)20(24)27-2/h5-12,18H,3-4,13H2,1-2H3,(H,21,23)/t18-/m1/s1. The van der Waals surface area contributed by atoms with Crippen molar-refractivity contribution in [3.63, 3.8) is 0 Å². The average Bonchev–Trinajstić information content (AvgIpc) is 3.19. The lowest BCUT2D eigenvalue weighted by Crippen LogP contribution is -2.43. The van der Waals surface area contributed by atoms with Crippen molar-refractivity contribution in [1.29, 1.82) is 0 Å². The first kappa shape index (κ1) is 20.0. The normalized spacial score (nSPS) is 17.3. The van der Waals surface area contributed by atoms with Crippen LogP contribution in [0.4, 0.5) is 5.69 Å². The van der Waals surface area contributed by atoms with Crippen LogP contribution in [-0.2, 0) is 19.6 Å². The molecule has 1 aliphatic heterocycles. The van der Waals surface area contributed by atoms with Gasteiger partial charge in [-0.1, -0.05) is 17.7 Å². The summed E-state index contributed by atoms with van der Waals surface area (Å²) in [6.07, 6.45) is 1.07. The molecule has 0 radical (unpaired) electrons. The first-order valence-electron chi connectivity index (χ1n) is 8.90. The summed E-state index contributed by atoms with van der Waals surface area (Å²) in [5.74, 6) is -0.858. The number of amides is 1. The number of carbonyl (C=O) groups excluding carboxylic acids is 2. The Morgan fingerprint density at radius 2 is 1.71 bits per heavy atom. The molecule has 0 aliphatic carbocycles. The number of hydrogen-bond acceptors (Lipinski definition) is 5. The largest absolute Gasteiger partial charge is 0.465 e. The summed E-state index contributed by atoms with van der Waals surface area (Å²) in [7, 11) is -2.46. The molecular formula is C20H22N2O5S. The zero-order valence-corrected chi connectivity index (χ0v) is 16.5. The molecule has 1 N–H and O–H groups in total. The number of methoxy groups -OCH3 is 1. The van der Waals surface area contributed by atoms with E-state index in [-0.39, 0.29) is 10.8 Å². The van der Waals surface area contributed by atoms with Gasteiger partial charge in [-0.15, -0.1) is 0 Å². The van der Waals surface area contributed by atoms with Crippen LogP contribution >= 0.6 is 0 Å². The Kier molecular flexibility index (Phi) is 5.81. The predicted octanol–water partition coefficient (Wildman–Crippen LogP) is 2.57. The van der Waals surface area contributed by atoms with Gasteiger partial charge in [-0.2, -0.15) is 4.31 Å². The van der Waals surface area contributed by atoms with Gasteiger partial charge in [-0.05, 0) is 56.2 Å². The molecular weight excluding hydrogens is 380 g/mol. The first-order valence-corrected chi connectivity index (χ1v) is 10.3. The molecule has 3 rings (SSSR count). The van der Waals surface area contributed by atoms with Crippen LogP contribution in [0.15, 0.2) is 53.4 Å². The van der Waals surface area contributed by atoms with E-state index in [1.165, 1.54) is 23.5 Å². The lowest BCUT2D eigenvalue weighted by atomic mass is 10.2. The molecule has 1 amide bonds. The molecule has 0 spiro atoms. The van der Waals surface area contributed by atoms with Crippen LogP contribution in [-0.4, -0.2) is 44.3 Å². The Hall–Kier alpha value is -2.71. The van der Waals surface area contributed by atoms with Gasteiger partial charge >= 0.3 is 5.97 Å². The van der Waals surface area contributed by atoms with Crippen molar-refractivity contribution in [3.05, 3.63) is 59.7 Å². The predicted molar refractivity (Wildman–Crippen MR) is 105 cm³/mol. The summed E-state index contributed by atoms with van der Waals surface area (Å²) < 4.78 is 31.8. The van der Waals surface area contributed by atoms with Crippen LogP contribution in [0.3, 0.4) is 0 Å². The number of nitrogens with one attached hydrogen (secondary N) is 1. The van der Waals surface area contributed by atoms with E-state index >= 15 is 0 Å². The molecule has 1 saturated heterocycles. The number of aryl methyl sites for hydroxylation is 1. The molecule has 7 nitrogen and oxygen atoms in total. The summed E-state index contributed by atoms with van der Waals surface area (Å²) in [5.41, 5.74) is 1.81. The number of benzene rings is 2. The van der Waals surface area contributed by atoms with Crippen molar-refractivity contribution >= 4 is 27.6 Å². The van der Waals surface area contributed by atoms with E-state index in [1.54, 1.807) is 36.4 Å². The molecule has 0 aromatic heterocycles. The van der Waals surface area contributed by atoms with Crippen molar-refractivity contribution in [3.8, 4) is 0 Å². The van der Waals surface area contributed by atoms with Gasteiger partial charge in [-0.25, -0.2) is 13.2 Å². The summed E-state index contributed by atoms with van der Waals surface area (Å²) in [6.45, 7) is 2.18. The second-order valence-corrected chi connectivity index (χ2v) is 8.54. The lowest BCUT2D eigenvalue weighted by molar-refractivity contribution is -0.119. The number of rotatable bonds is 5. The third-order valence-electron chi connectivity index (χ3n) is 4.71. The van der Waals surface area contributed by atoms with Crippen LogP contribution in [0.1, 0.15) is 28.8 Å². The summed E-state index contributed by atoms with van der Waals surface area (Å²) in [4.78, 5) is 24.4. The van der Waals surface area contributed by atoms with E-state index < -0.39 is 22.0 Å². The van der Waals surface area contributed by atoms with Crippen LogP contribution < -0.4 is 5.32 Å². The maximum absolute atomic E-state index is 13.0. The highest BCUT2D eigenvalue weighted by molar-refractivity contribution is 7.89. The molecule has 0 unspecified atom stereocenters. The van der Waals surface area contributed by atoms with Crippen LogP contribution in [0, 0.1) is 6.92 Å². The van der Waals surface area contributed by atoms with Crippen molar-refractivity contribution in [2.75, 3.05) is 19.0 Å². The minimum absolute atomic E-state index is 0.181. The molecule has 2 aromatic rings. The average molecular weight is 402 g/mol. The number of esters is 1. The summed E-state index contributed by atoms with van der Waals surface area (Å²) in [5, 5.41) is 2.73. The minimum Gasteiger partial charge on any atom is -0.465 e. The molecule has 28 heavy (non-hydrogen) atoms. The number of sulfonamides is 1. The summed E-state index contributed by atoms with van der Waals surface area (Å²) in [6, 6.07) is 12.1. The Bertz CT molecular complexity index is 969. The van der Waals surface area contributed by atoms with Gasteiger partial charge in [-0.3, -0.25) is 4.79 Å². The van der Waals surface area contributed by atoms with Gasteiger partial charge in [0.05, 0.1) is 17.6 Å². The highest BCUT2D eigenvalue weighted by Gasteiger charge is 2.39. The van der Waals surface area contributed by atoms with E-state index in [4.69, 9.17) is 0 Å². The topological polar surface area (TPSA) is 92.8 Å². The van der Waals surface area contributed by atoms with Gasteiger partial charge in [0.25, 0.3) is 0 Å². The van der Waals surface area contributed by atoms with Crippen molar-refractivity contribution in [1.82, 2.24) is 4.31 Å². The highest BCUT2D eigenvalue weighted by atomic mass is 32.2. The van der Waals surface area contributed by atoms with Crippen molar-refractivity contribution in [2.24, 2.45) is 0 Å². The second kappa shape index (κ2) is 8.12.